The van der Waals surface area contributed by atoms with Crippen LogP contribution in [0.4, 0.5) is 10.1 Å². The van der Waals surface area contributed by atoms with E-state index in [4.69, 9.17) is 10.8 Å². The summed E-state index contributed by atoms with van der Waals surface area (Å²) in [6.45, 7) is 2.15. The number of carbonyl (C=O) groups excluding carboxylic acids is 1. The highest BCUT2D eigenvalue weighted by atomic mass is 19.1. The van der Waals surface area contributed by atoms with Crippen LogP contribution in [0.2, 0.25) is 0 Å². The highest BCUT2D eigenvalue weighted by Gasteiger charge is 2.13. The normalized spacial score (nSPS) is 11.9. The number of carboxylic acid groups (broad SMARTS) is 1. The molecular weight excluding hydrogens is 251 g/mol. The number of rotatable bonds is 6. The minimum Gasteiger partial charge on any atom is -0.481 e. The molecule has 0 aliphatic heterocycles. The fourth-order valence-corrected chi connectivity index (χ4v) is 1.57. The number of carboxylic acids is 1. The second-order valence-corrected chi connectivity index (χ2v) is 4.45. The van der Waals surface area contributed by atoms with Gasteiger partial charge in [-0.15, -0.1) is 0 Å². The van der Waals surface area contributed by atoms with Gasteiger partial charge in [-0.1, -0.05) is 13.0 Å². The van der Waals surface area contributed by atoms with Gasteiger partial charge in [0.25, 0.3) is 5.91 Å². The van der Waals surface area contributed by atoms with Crippen LogP contribution in [0.3, 0.4) is 0 Å². The highest BCUT2D eigenvalue weighted by Crippen LogP contribution is 2.15. The molecule has 0 spiro atoms. The van der Waals surface area contributed by atoms with Crippen LogP contribution in [0.1, 0.15) is 30.1 Å². The first kappa shape index (κ1) is 14.9. The molecule has 0 radical (unpaired) electrons. The SMILES string of the molecule is CC(CCC(=O)O)CNC(=O)c1cccc(F)c1N. The Hall–Kier alpha value is -2.11. The number of nitrogens with two attached hydrogens (primary N) is 1. The van der Waals surface area contributed by atoms with E-state index in [0.29, 0.717) is 13.0 Å². The second-order valence-electron chi connectivity index (χ2n) is 4.45. The number of para-hydroxylation sites is 1. The number of anilines is 1. The first-order valence-corrected chi connectivity index (χ1v) is 5.95. The van der Waals surface area contributed by atoms with Crippen LogP contribution in [0.5, 0.6) is 0 Å². The number of hydrogen-bond donors (Lipinski definition) is 3. The number of hydrogen-bond acceptors (Lipinski definition) is 3. The molecule has 0 fully saturated rings. The number of halogens is 1. The molecule has 1 atom stereocenters. The Morgan fingerprint density at radius 3 is 2.79 bits per heavy atom. The Labute approximate surface area is 110 Å². The van der Waals surface area contributed by atoms with Gasteiger partial charge in [-0.2, -0.15) is 0 Å². The molecule has 0 saturated heterocycles. The third-order valence-corrected chi connectivity index (χ3v) is 2.76. The summed E-state index contributed by atoms with van der Waals surface area (Å²) in [5.74, 6) is -1.94. The van der Waals surface area contributed by atoms with Crippen molar-refractivity contribution in [2.24, 2.45) is 5.92 Å². The van der Waals surface area contributed by atoms with Gasteiger partial charge in [0.15, 0.2) is 0 Å². The van der Waals surface area contributed by atoms with E-state index >= 15 is 0 Å². The second kappa shape index (κ2) is 6.72. The summed E-state index contributed by atoms with van der Waals surface area (Å²) >= 11 is 0. The standard InChI is InChI=1S/C13H17FN2O3/c1-8(5-6-11(17)18)7-16-13(19)9-3-2-4-10(14)12(9)15/h2-4,8H,5-7,15H2,1H3,(H,16,19)(H,17,18). The first-order chi connectivity index (χ1) is 8.91. The molecule has 1 unspecified atom stereocenters. The maximum atomic E-state index is 13.2. The zero-order valence-electron chi connectivity index (χ0n) is 10.6. The quantitative estimate of drug-likeness (QED) is 0.684. The van der Waals surface area contributed by atoms with E-state index < -0.39 is 17.7 Å². The smallest absolute Gasteiger partial charge is 0.303 e. The Kier molecular flexibility index (Phi) is 5.29. The van der Waals surface area contributed by atoms with Gasteiger partial charge in [-0.3, -0.25) is 9.59 Å². The highest BCUT2D eigenvalue weighted by molar-refractivity contribution is 5.99. The zero-order valence-corrected chi connectivity index (χ0v) is 10.6. The van der Waals surface area contributed by atoms with Crippen LogP contribution in [0, 0.1) is 11.7 Å². The van der Waals surface area contributed by atoms with E-state index in [0.717, 1.165) is 0 Å². The molecule has 1 rings (SSSR count). The predicted octanol–water partition coefficient (Wildman–Crippen LogP) is 1.64. The number of amides is 1. The van der Waals surface area contributed by atoms with Crippen molar-refractivity contribution < 1.29 is 19.1 Å². The van der Waals surface area contributed by atoms with Gasteiger partial charge in [0, 0.05) is 13.0 Å². The lowest BCUT2D eigenvalue weighted by Gasteiger charge is -2.12. The van der Waals surface area contributed by atoms with Gasteiger partial charge in [-0.25, -0.2) is 4.39 Å². The topological polar surface area (TPSA) is 92.4 Å². The minimum atomic E-state index is -0.868. The Morgan fingerprint density at radius 1 is 1.47 bits per heavy atom. The van der Waals surface area contributed by atoms with Crippen LogP contribution in [-0.4, -0.2) is 23.5 Å². The maximum Gasteiger partial charge on any atom is 0.303 e. The molecule has 1 amide bonds. The summed E-state index contributed by atoms with van der Waals surface area (Å²) in [4.78, 5) is 22.2. The maximum absolute atomic E-state index is 13.2. The van der Waals surface area contributed by atoms with Gasteiger partial charge in [0.1, 0.15) is 5.82 Å². The molecule has 0 heterocycles. The number of aliphatic carboxylic acids is 1. The van der Waals surface area contributed by atoms with Gasteiger partial charge < -0.3 is 16.2 Å². The molecule has 6 heteroatoms. The predicted molar refractivity (Wildman–Crippen MR) is 69.2 cm³/mol. The molecule has 0 bridgehead atoms. The number of nitrogens with one attached hydrogen (secondary N) is 1. The lowest BCUT2D eigenvalue weighted by Crippen LogP contribution is -2.29. The van der Waals surface area contributed by atoms with Crippen molar-refractivity contribution in [2.45, 2.75) is 19.8 Å². The molecule has 4 N–H and O–H groups in total. The third-order valence-electron chi connectivity index (χ3n) is 2.76. The monoisotopic (exact) mass is 268 g/mol. The van der Waals surface area contributed by atoms with Gasteiger partial charge in [-0.05, 0) is 24.5 Å². The van der Waals surface area contributed by atoms with Gasteiger partial charge in [0.2, 0.25) is 0 Å². The van der Waals surface area contributed by atoms with E-state index in [-0.39, 0.29) is 23.6 Å². The summed E-state index contributed by atoms with van der Waals surface area (Å²) in [6, 6.07) is 4.03. The van der Waals surface area contributed by atoms with Gasteiger partial charge >= 0.3 is 5.97 Å². The lowest BCUT2D eigenvalue weighted by atomic mass is 10.1. The van der Waals surface area contributed by atoms with E-state index in [9.17, 15) is 14.0 Å². The molecular formula is C13H17FN2O3. The molecule has 5 nitrogen and oxygen atoms in total. The van der Waals surface area contributed by atoms with Crippen molar-refractivity contribution in [1.82, 2.24) is 5.32 Å². The third kappa shape index (κ3) is 4.57. The fraction of sp³-hybridized carbons (Fsp3) is 0.385. The molecule has 0 aliphatic carbocycles. The van der Waals surface area contributed by atoms with Gasteiger partial charge in [0.05, 0.1) is 11.3 Å². The molecule has 0 saturated carbocycles. The lowest BCUT2D eigenvalue weighted by molar-refractivity contribution is -0.137. The number of carbonyl (C=O) groups is 2. The molecule has 1 aromatic rings. The average molecular weight is 268 g/mol. The molecule has 19 heavy (non-hydrogen) atoms. The number of benzene rings is 1. The fourth-order valence-electron chi connectivity index (χ4n) is 1.57. The van der Waals surface area contributed by atoms with Crippen molar-refractivity contribution >= 4 is 17.6 Å². The van der Waals surface area contributed by atoms with Crippen molar-refractivity contribution in [3.8, 4) is 0 Å². The largest absolute Gasteiger partial charge is 0.481 e. The van der Waals surface area contributed by atoms with E-state index in [1.165, 1.54) is 18.2 Å². The molecule has 104 valence electrons. The summed E-state index contributed by atoms with van der Waals surface area (Å²) in [5, 5.41) is 11.2. The Bertz CT molecular complexity index is 477. The van der Waals surface area contributed by atoms with Crippen LogP contribution in [0.25, 0.3) is 0 Å². The van der Waals surface area contributed by atoms with Crippen LogP contribution in [-0.2, 0) is 4.79 Å². The first-order valence-electron chi connectivity index (χ1n) is 5.95. The van der Waals surface area contributed by atoms with Crippen LogP contribution < -0.4 is 11.1 Å². The Balaban J connectivity index is 2.51. The summed E-state index contributed by atoms with van der Waals surface area (Å²) in [5.41, 5.74) is 5.38. The van der Waals surface area contributed by atoms with Crippen molar-refractivity contribution in [3.05, 3.63) is 29.6 Å². The average Bonchev–Trinajstić information content (AvgIpc) is 2.36. The van der Waals surface area contributed by atoms with E-state index in [1.807, 2.05) is 6.92 Å². The number of nitrogen functional groups attached to an aromatic ring is 1. The van der Waals surface area contributed by atoms with E-state index in [1.54, 1.807) is 0 Å². The molecule has 1 aromatic carbocycles. The summed E-state index contributed by atoms with van der Waals surface area (Å²) in [6.07, 6.45) is 0.521. The molecule has 0 aromatic heterocycles. The summed E-state index contributed by atoms with van der Waals surface area (Å²) in [7, 11) is 0. The summed E-state index contributed by atoms with van der Waals surface area (Å²) < 4.78 is 13.2. The van der Waals surface area contributed by atoms with Crippen molar-refractivity contribution in [3.63, 3.8) is 0 Å². The van der Waals surface area contributed by atoms with E-state index in [2.05, 4.69) is 5.32 Å². The van der Waals surface area contributed by atoms with Crippen LogP contribution in [0.15, 0.2) is 18.2 Å². The zero-order chi connectivity index (χ0) is 14.4. The van der Waals surface area contributed by atoms with Crippen LogP contribution >= 0.6 is 0 Å². The molecule has 0 aliphatic rings. The van der Waals surface area contributed by atoms with Crippen molar-refractivity contribution in [2.75, 3.05) is 12.3 Å². The minimum absolute atomic E-state index is 0.0230. The van der Waals surface area contributed by atoms with Crippen molar-refractivity contribution in [1.29, 1.82) is 0 Å². The Morgan fingerprint density at radius 2 is 2.16 bits per heavy atom.